The van der Waals surface area contributed by atoms with Gasteiger partial charge in [-0.25, -0.2) is 24.9 Å². The molecule has 10 heteroatoms. The van der Waals surface area contributed by atoms with Crippen LogP contribution in [0.4, 0.5) is 5.95 Å². The number of thiazole rings is 1. The van der Waals surface area contributed by atoms with Gasteiger partial charge in [-0.15, -0.1) is 11.3 Å². The molecule has 1 fully saturated rings. The number of aromatic nitrogens is 5. The van der Waals surface area contributed by atoms with Crippen LogP contribution >= 0.6 is 11.3 Å². The van der Waals surface area contributed by atoms with Gasteiger partial charge in [0.1, 0.15) is 16.5 Å². The molecular weight excluding hydrogens is 438 g/mol. The third-order valence-electron chi connectivity index (χ3n) is 5.54. The van der Waals surface area contributed by atoms with Crippen LogP contribution in [0.15, 0.2) is 60.4 Å². The van der Waals surface area contributed by atoms with E-state index in [4.69, 9.17) is 4.98 Å². The van der Waals surface area contributed by atoms with Crippen molar-refractivity contribution in [1.82, 2.24) is 29.8 Å². The van der Waals surface area contributed by atoms with Gasteiger partial charge in [0, 0.05) is 49.5 Å². The molecule has 4 heterocycles. The van der Waals surface area contributed by atoms with E-state index >= 15 is 0 Å². The molecule has 1 aliphatic heterocycles. The Morgan fingerprint density at radius 2 is 1.94 bits per heavy atom. The van der Waals surface area contributed by atoms with E-state index < -0.39 is 5.60 Å². The zero-order valence-electron chi connectivity index (χ0n) is 17.8. The van der Waals surface area contributed by atoms with Gasteiger partial charge in [-0.2, -0.15) is 0 Å². The van der Waals surface area contributed by atoms with E-state index in [0.717, 1.165) is 16.3 Å². The Morgan fingerprint density at radius 3 is 2.73 bits per heavy atom. The molecular formula is C23H21N7O2S. The highest BCUT2D eigenvalue weighted by Crippen LogP contribution is 2.36. The van der Waals surface area contributed by atoms with Crippen LogP contribution in [0, 0.1) is 0 Å². The summed E-state index contributed by atoms with van der Waals surface area (Å²) in [6.45, 7) is 0.942. The Hall–Kier alpha value is -3.76. The number of hydrogen-bond acceptors (Lipinski definition) is 9. The third kappa shape index (κ3) is 4.18. The summed E-state index contributed by atoms with van der Waals surface area (Å²) in [6, 6.07) is 11.0. The van der Waals surface area contributed by atoms with E-state index in [-0.39, 0.29) is 5.91 Å². The van der Waals surface area contributed by atoms with Crippen molar-refractivity contribution < 1.29 is 9.90 Å². The molecule has 3 aromatic heterocycles. The molecule has 0 saturated carbocycles. The number of benzene rings is 1. The minimum Gasteiger partial charge on any atom is -0.375 e. The molecule has 2 N–H and O–H groups in total. The fourth-order valence-corrected chi connectivity index (χ4v) is 4.53. The second-order valence-corrected chi connectivity index (χ2v) is 8.60. The number of likely N-dealkylation sites (tertiary alicyclic amines) is 1. The first kappa shape index (κ1) is 21.1. The molecule has 0 spiro atoms. The molecule has 4 aromatic rings. The Labute approximate surface area is 194 Å². The number of anilines is 1. The maximum absolute atomic E-state index is 12.5. The third-order valence-corrected chi connectivity index (χ3v) is 6.43. The van der Waals surface area contributed by atoms with E-state index in [0.29, 0.717) is 42.5 Å². The number of hydrogen-bond donors (Lipinski definition) is 2. The monoisotopic (exact) mass is 459 g/mol. The van der Waals surface area contributed by atoms with E-state index in [1.807, 2.05) is 23.6 Å². The Bertz CT molecular complexity index is 1300. The molecule has 33 heavy (non-hydrogen) atoms. The first-order valence-electron chi connectivity index (χ1n) is 10.4. The maximum atomic E-state index is 12.5. The number of rotatable bonds is 6. The lowest BCUT2D eigenvalue weighted by atomic mass is 9.91. The van der Waals surface area contributed by atoms with Crippen molar-refractivity contribution in [3.8, 4) is 22.0 Å². The molecule has 1 aromatic carbocycles. The summed E-state index contributed by atoms with van der Waals surface area (Å²) in [5.41, 5.74) is 1.35. The minimum atomic E-state index is -1.49. The Morgan fingerprint density at radius 1 is 1.09 bits per heavy atom. The van der Waals surface area contributed by atoms with Crippen LogP contribution in [-0.2, 0) is 16.9 Å². The number of nitrogens with zero attached hydrogens (tertiary/aromatic N) is 6. The number of nitrogens with one attached hydrogen (secondary N) is 1. The van der Waals surface area contributed by atoms with Crippen molar-refractivity contribution in [3.05, 3.63) is 71.8 Å². The number of carbonyl (C=O) groups excluding carboxylic acids is 1. The van der Waals surface area contributed by atoms with Crippen LogP contribution in [0.5, 0.6) is 0 Å². The van der Waals surface area contributed by atoms with Crippen LogP contribution in [0.3, 0.4) is 0 Å². The van der Waals surface area contributed by atoms with Crippen LogP contribution in [0.2, 0.25) is 0 Å². The molecule has 1 amide bonds. The standard InChI is InChI=1S/C23H21N7O2S/c1-30-11-7-23(32,21(30)31)16-5-2-4-15(12-16)20-28-18(14-33-20)17-6-10-26-22(29-17)27-13-19-24-8-3-9-25-19/h2-6,8-10,12,14,32H,7,11,13H2,1H3,(H,26,27,29)/t23-/m1/s1. The summed E-state index contributed by atoms with van der Waals surface area (Å²) in [5.74, 6) is 0.833. The highest BCUT2D eigenvalue weighted by Gasteiger charge is 2.45. The lowest BCUT2D eigenvalue weighted by Crippen LogP contribution is -2.36. The number of likely N-dealkylation sites (N-methyl/N-ethyl adjacent to an activating group) is 1. The molecule has 0 bridgehead atoms. The van der Waals surface area contributed by atoms with Crippen molar-refractivity contribution in [1.29, 1.82) is 0 Å². The van der Waals surface area contributed by atoms with Crippen molar-refractivity contribution in [2.24, 2.45) is 0 Å². The molecule has 0 aliphatic carbocycles. The first-order chi connectivity index (χ1) is 16.0. The molecule has 9 nitrogen and oxygen atoms in total. The zero-order valence-corrected chi connectivity index (χ0v) is 18.7. The fraction of sp³-hybridized carbons (Fsp3) is 0.217. The minimum absolute atomic E-state index is 0.276. The number of aliphatic hydroxyl groups is 1. The largest absolute Gasteiger partial charge is 0.375 e. The molecule has 166 valence electrons. The summed E-state index contributed by atoms with van der Waals surface area (Å²) < 4.78 is 0. The smallest absolute Gasteiger partial charge is 0.258 e. The van der Waals surface area contributed by atoms with Gasteiger partial charge in [0.15, 0.2) is 5.60 Å². The van der Waals surface area contributed by atoms with Gasteiger partial charge >= 0.3 is 0 Å². The summed E-state index contributed by atoms with van der Waals surface area (Å²) in [6.07, 6.45) is 5.42. The van der Waals surface area contributed by atoms with E-state index in [1.54, 1.807) is 48.7 Å². The lowest BCUT2D eigenvalue weighted by molar-refractivity contribution is -0.143. The number of carbonyl (C=O) groups is 1. The normalized spacial score (nSPS) is 18.0. The average molecular weight is 460 g/mol. The van der Waals surface area contributed by atoms with Gasteiger partial charge in [-0.3, -0.25) is 4.79 Å². The lowest BCUT2D eigenvalue weighted by Gasteiger charge is -2.21. The molecule has 1 atom stereocenters. The van der Waals surface area contributed by atoms with Crippen molar-refractivity contribution in [2.45, 2.75) is 18.6 Å². The second-order valence-electron chi connectivity index (χ2n) is 7.74. The summed E-state index contributed by atoms with van der Waals surface area (Å²) in [4.78, 5) is 35.9. The highest BCUT2D eigenvalue weighted by atomic mass is 32.1. The van der Waals surface area contributed by atoms with Gasteiger partial charge in [0.2, 0.25) is 5.95 Å². The molecule has 5 rings (SSSR count). The van der Waals surface area contributed by atoms with Gasteiger partial charge in [0.25, 0.3) is 5.91 Å². The molecule has 0 unspecified atom stereocenters. The van der Waals surface area contributed by atoms with E-state index in [1.165, 1.54) is 11.3 Å². The topological polar surface area (TPSA) is 117 Å². The summed E-state index contributed by atoms with van der Waals surface area (Å²) >= 11 is 1.48. The SMILES string of the molecule is CN1CC[C@@](O)(c2cccc(-c3nc(-c4ccnc(NCc5ncccn5)n4)cs3)c2)C1=O. The van der Waals surface area contributed by atoms with E-state index in [9.17, 15) is 9.90 Å². The molecule has 0 radical (unpaired) electrons. The molecule has 1 aliphatic rings. The van der Waals surface area contributed by atoms with Crippen molar-refractivity contribution >= 4 is 23.2 Å². The van der Waals surface area contributed by atoms with Crippen LogP contribution in [0.25, 0.3) is 22.0 Å². The Kier molecular flexibility index (Phi) is 5.53. The quantitative estimate of drug-likeness (QED) is 0.452. The predicted octanol–water partition coefficient (Wildman–Crippen LogP) is 2.72. The van der Waals surface area contributed by atoms with Gasteiger partial charge in [0.05, 0.1) is 12.2 Å². The van der Waals surface area contributed by atoms with Gasteiger partial charge in [-0.05, 0) is 23.8 Å². The Balaban J connectivity index is 1.36. The van der Waals surface area contributed by atoms with E-state index in [2.05, 4.69) is 25.3 Å². The number of amides is 1. The van der Waals surface area contributed by atoms with Gasteiger partial charge < -0.3 is 15.3 Å². The predicted molar refractivity (Wildman–Crippen MR) is 124 cm³/mol. The van der Waals surface area contributed by atoms with Crippen molar-refractivity contribution in [2.75, 3.05) is 18.9 Å². The van der Waals surface area contributed by atoms with Crippen molar-refractivity contribution in [3.63, 3.8) is 0 Å². The highest BCUT2D eigenvalue weighted by molar-refractivity contribution is 7.13. The second kappa shape index (κ2) is 8.64. The summed E-state index contributed by atoms with van der Waals surface area (Å²) in [5, 5.41) is 16.8. The fourth-order valence-electron chi connectivity index (χ4n) is 3.72. The van der Waals surface area contributed by atoms with Crippen LogP contribution < -0.4 is 5.32 Å². The molecule has 1 saturated heterocycles. The summed E-state index contributed by atoms with van der Waals surface area (Å²) in [7, 11) is 1.70. The maximum Gasteiger partial charge on any atom is 0.258 e. The first-order valence-corrected chi connectivity index (χ1v) is 11.3. The van der Waals surface area contributed by atoms with Crippen LogP contribution in [-0.4, -0.2) is 54.4 Å². The zero-order chi connectivity index (χ0) is 22.8. The van der Waals surface area contributed by atoms with Gasteiger partial charge in [-0.1, -0.05) is 18.2 Å². The van der Waals surface area contributed by atoms with Crippen LogP contribution in [0.1, 0.15) is 17.8 Å². The average Bonchev–Trinajstić information content (AvgIpc) is 3.46.